The van der Waals surface area contributed by atoms with E-state index in [-0.39, 0.29) is 24.5 Å². The molecule has 1 aromatic rings. The molecule has 0 bridgehead atoms. The van der Waals surface area contributed by atoms with Crippen LogP contribution in [-0.2, 0) is 17.5 Å². The van der Waals surface area contributed by atoms with Crippen molar-refractivity contribution in [3.8, 4) is 0 Å². The maximum atomic E-state index is 12.6. The van der Waals surface area contributed by atoms with Gasteiger partial charge in [0.15, 0.2) is 0 Å². The van der Waals surface area contributed by atoms with Crippen LogP contribution in [0.1, 0.15) is 17.5 Å². The molecule has 6 heteroatoms. The van der Waals surface area contributed by atoms with Crippen molar-refractivity contribution in [3.05, 3.63) is 35.4 Å². The van der Waals surface area contributed by atoms with Gasteiger partial charge in [0.25, 0.3) is 0 Å². The first-order valence-corrected chi connectivity index (χ1v) is 5.40. The largest absolute Gasteiger partial charge is 0.416 e. The van der Waals surface area contributed by atoms with Gasteiger partial charge in [0.1, 0.15) is 0 Å². The van der Waals surface area contributed by atoms with Crippen LogP contribution in [0.3, 0.4) is 0 Å². The Hall–Kier alpha value is -0.780. The average Bonchev–Trinajstić information content (AvgIpc) is 2.28. The molecule has 0 radical (unpaired) electrons. The normalized spacial score (nSPS) is 11.1. The maximum absolute atomic E-state index is 12.6. The summed E-state index contributed by atoms with van der Waals surface area (Å²) in [5.74, 6) is 0. The Balaban J connectivity index is 0.00000289. The summed E-state index contributed by atoms with van der Waals surface area (Å²) < 4.78 is 42.7. The number of ether oxygens (including phenoxy) is 1. The highest BCUT2D eigenvalue weighted by atomic mass is 35.5. The Kier molecular flexibility index (Phi) is 7.98. The number of rotatable bonds is 6. The fraction of sp³-hybridized carbons (Fsp3) is 0.500. The summed E-state index contributed by atoms with van der Waals surface area (Å²) in [6.45, 7) is 1.47. The van der Waals surface area contributed by atoms with E-state index in [0.29, 0.717) is 13.2 Å². The number of benzene rings is 1. The molecule has 0 aromatic heterocycles. The van der Waals surface area contributed by atoms with Crippen LogP contribution in [0.2, 0.25) is 0 Å². The summed E-state index contributed by atoms with van der Waals surface area (Å²) in [6.07, 6.45) is -3.50. The van der Waals surface area contributed by atoms with E-state index in [1.54, 1.807) is 13.2 Å². The van der Waals surface area contributed by atoms with Crippen molar-refractivity contribution in [3.63, 3.8) is 0 Å². The van der Waals surface area contributed by atoms with Crippen molar-refractivity contribution in [1.82, 2.24) is 5.32 Å². The molecule has 1 aromatic carbocycles. The zero-order valence-electron chi connectivity index (χ0n) is 10.1. The Labute approximate surface area is 111 Å². The highest BCUT2D eigenvalue weighted by Gasteiger charge is 2.32. The SMILES string of the molecule is COCCCNCc1ccccc1C(F)(F)F.Cl. The minimum atomic E-state index is -4.29. The van der Waals surface area contributed by atoms with Crippen LogP contribution >= 0.6 is 12.4 Å². The third kappa shape index (κ3) is 5.71. The molecule has 0 saturated heterocycles. The standard InChI is InChI=1S/C12H16F3NO.ClH/c1-17-8-4-7-16-9-10-5-2-3-6-11(10)12(13,14)15;/h2-3,5-6,16H,4,7-9H2,1H3;1H. The van der Waals surface area contributed by atoms with E-state index in [4.69, 9.17) is 4.74 Å². The van der Waals surface area contributed by atoms with Crippen molar-refractivity contribution in [2.75, 3.05) is 20.3 Å². The lowest BCUT2D eigenvalue weighted by atomic mass is 10.1. The summed E-state index contributed by atoms with van der Waals surface area (Å²) in [6, 6.07) is 5.61. The molecule has 1 rings (SSSR count). The number of alkyl halides is 3. The van der Waals surface area contributed by atoms with Crippen molar-refractivity contribution in [2.24, 2.45) is 0 Å². The van der Waals surface area contributed by atoms with Crippen LogP contribution in [0, 0.1) is 0 Å². The predicted molar refractivity (Wildman–Crippen MR) is 66.9 cm³/mol. The first-order chi connectivity index (χ1) is 8.05. The molecule has 0 aliphatic rings. The van der Waals surface area contributed by atoms with E-state index >= 15 is 0 Å². The van der Waals surface area contributed by atoms with E-state index in [1.807, 2.05) is 0 Å². The van der Waals surface area contributed by atoms with E-state index in [1.165, 1.54) is 12.1 Å². The van der Waals surface area contributed by atoms with Gasteiger partial charge in [-0.1, -0.05) is 18.2 Å². The van der Waals surface area contributed by atoms with Crippen LogP contribution in [0.5, 0.6) is 0 Å². The van der Waals surface area contributed by atoms with E-state index in [0.717, 1.165) is 12.5 Å². The quantitative estimate of drug-likeness (QED) is 0.809. The van der Waals surface area contributed by atoms with Gasteiger partial charge in [-0.25, -0.2) is 0 Å². The molecule has 0 amide bonds. The summed E-state index contributed by atoms with van der Waals surface area (Å²) >= 11 is 0. The van der Waals surface area contributed by atoms with E-state index < -0.39 is 11.7 Å². The zero-order valence-corrected chi connectivity index (χ0v) is 10.9. The number of methoxy groups -OCH3 is 1. The second-order valence-corrected chi connectivity index (χ2v) is 3.68. The Morgan fingerprint density at radius 3 is 2.50 bits per heavy atom. The summed E-state index contributed by atoms with van der Waals surface area (Å²) in [5.41, 5.74) is -0.295. The molecule has 1 N–H and O–H groups in total. The second-order valence-electron chi connectivity index (χ2n) is 3.68. The first-order valence-electron chi connectivity index (χ1n) is 5.40. The van der Waals surface area contributed by atoms with E-state index in [9.17, 15) is 13.2 Å². The molecule has 0 heterocycles. The minimum Gasteiger partial charge on any atom is -0.385 e. The topological polar surface area (TPSA) is 21.3 Å². The molecule has 0 aliphatic carbocycles. The molecule has 18 heavy (non-hydrogen) atoms. The molecule has 0 aliphatic heterocycles. The zero-order chi connectivity index (χ0) is 12.7. The highest BCUT2D eigenvalue weighted by Crippen LogP contribution is 2.31. The summed E-state index contributed by atoms with van der Waals surface area (Å²) in [4.78, 5) is 0. The van der Waals surface area contributed by atoms with Crippen molar-refractivity contribution < 1.29 is 17.9 Å². The van der Waals surface area contributed by atoms with Gasteiger partial charge < -0.3 is 10.1 Å². The smallest absolute Gasteiger partial charge is 0.385 e. The monoisotopic (exact) mass is 283 g/mol. The molecule has 0 spiro atoms. The number of nitrogens with one attached hydrogen (secondary N) is 1. The molecule has 0 fully saturated rings. The molecule has 104 valence electrons. The van der Waals surface area contributed by atoms with Gasteiger partial charge in [-0.3, -0.25) is 0 Å². The predicted octanol–water partition coefficient (Wildman–Crippen LogP) is 3.25. The molecule has 2 nitrogen and oxygen atoms in total. The number of hydrogen-bond donors (Lipinski definition) is 1. The van der Waals surface area contributed by atoms with Gasteiger partial charge in [-0.2, -0.15) is 13.2 Å². The second kappa shape index (κ2) is 8.34. The minimum absolute atomic E-state index is 0. The number of halogens is 4. The van der Waals surface area contributed by atoms with Crippen LogP contribution in [0.15, 0.2) is 24.3 Å². The fourth-order valence-electron chi connectivity index (χ4n) is 1.52. The number of hydrogen-bond acceptors (Lipinski definition) is 2. The fourth-order valence-corrected chi connectivity index (χ4v) is 1.52. The average molecular weight is 284 g/mol. The molecule has 0 saturated carbocycles. The Morgan fingerprint density at radius 2 is 1.89 bits per heavy atom. The molecule has 0 unspecified atom stereocenters. The third-order valence-electron chi connectivity index (χ3n) is 2.34. The van der Waals surface area contributed by atoms with Gasteiger partial charge >= 0.3 is 6.18 Å². The first kappa shape index (κ1) is 17.2. The molecular weight excluding hydrogens is 267 g/mol. The van der Waals surface area contributed by atoms with Crippen LogP contribution in [-0.4, -0.2) is 20.3 Å². The lowest BCUT2D eigenvalue weighted by Gasteiger charge is -2.13. The van der Waals surface area contributed by atoms with Gasteiger partial charge in [-0.15, -0.1) is 12.4 Å². The molecule has 0 atom stereocenters. The van der Waals surface area contributed by atoms with Crippen molar-refractivity contribution in [1.29, 1.82) is 0 Å². The highest BCUT2D eigenvalue weighted by molar-refractivity contribution is 5.85. The summed E-state index contributed by atoms with van der Waals surface area (Å²) in [7, 11) is 1.60. The summed E-state index contributed by atoms with van der Waals surface area (Å²) in [5, 5.41) is 2.97. The van der Waals surface area contributed by atoms with Gasteiger partial charge in [-0.05, 0) is 24.6 Å². The lowest BCUT2D eigenvalue weighted by Crippen LogP contribution is -2.19. The lowest BCUT2D eigenvalue weighted by molar-refractivity contribution is -0.138. The maximum Gasteiger partial charge on any atom is 0.416 e. The Bertz CT molecular complexity index is 344. The molecular formula is C12H17ClF3NO. The van der Waals surface area contributed by atoms with Crippen molar-refractivity contribution >= 4 is 12.4 Å². The van der Waals surface area contributed by atoms with Crippen LogP contribution in [0.25, 0.3) is 0 Å². The van der Waals surface area contributed by atoms with Gasteiger partial charge in [0.05, 0.1) is 5.56 Å². The van der Waals surface area contributed by atoms with Crippen molar-refractivity contribution in [2.45, 2.75) is 19.1 Å². The van der Waals surface area contributed by atoms with Gasteiger partial charge in [0.2, 0.25) is 0 Å². The Morgan fingerprint density at radius 1 is 1.22 bits per heavy atom. The third-order valence-corrected chi connectivity index (χ3v) is 2.34. The van der Waals surface area contributed by atoms with Crippen LogP contribution < -0.4 is 5.32 Å². The van der Waals surface area contributed by atoms with E-state index in [2.05, 4.69) is 5.32 Å². The van der Waals surface area contributed by atoms with Crippen LogP contribution in [0.4, 0.5) is 13.2 Å². The van der Waals surface area contributed by atoms with Gasteiger partial charge in [0, 0.05) is 20.3 Å².